The third-order valence-electron chi connectivity index (χ3n) is 6.11. The van der Waals surface area contributed by atoms with Crippen LogP contribution in [0.5, 0.6) is 0 Å². The van der Waals surface area contributed by atoms with Crippen molar-refractivity contribution in [3.63, 3.8) is 0 Å². The maximum atomic E-state index is 11.0. The van der Waals surface area contributed by atoms with Crippen LogP contribution in [0.3, 0.4) is 0 Å². The van der Waals surface area contributed by atoms with Gasteiger partial charge in [-0.25, -0.2) is 0 Å². The number of para-hydroxylation sites is 1. The van der Waals surface area contributed by atoms with Gasteiger partial charge in [0.25, 0.3) is 0 Å². The Hall–Kier alpha value is -2.62. The molecule has 140 valence electrons. The Bertz CT molecular complexity index is 1100. The summed E-state index contributed by atoms with van der Waals surface area (Å²) < 4.78 is 9.82. The lowest BCUT2D eigenvalue weighted by atomic mass is 9.80. The molecule has 0 saturated carbocycles. The van der Waals surface area contributed by atoms with E-state index < -0.39 is 0 Å². The Morgan fingerprint density at radius 3 is 2.63 bits per heavy atom. The molecule has 27 heavy (non-hydrogen) atoms. The van der Waals surface area contributed by atoms with Crippen molar-refractivity contribution in [2.24, 2.45) is 7.05 Å². The maximum Gasteiger partial charge on any atom is 0.302 e. The van der Waals surface area contributed by atoms with E-state index in [1.165, 1.54) is 45.7 Å². The van der Waals surface area contributed by atoms with Crippen LogP contribution in [0, 0.1) is 0 Å². The fourth-order valence-corrected chi connectivity index (χ4v) is 4.52. The summed E-state index contributed by atoms with van der Waals surface area (Å²) in [4.78, 5) is 11.0. The Morgan fingerprint density at radius 1 is 1.15 bits per heavy atom. The van der Waals surface area contributed by atoms with Gasteiger partial charge in [0.05, 0.1) is 12.0 Å². The fourth-order valence-electron chi connectivity index (χ4n) is 4.52. The average molecular weight is 363 g/mol. The van der Waals surface area contributed by atoms with Crippen LogP contribution in [0.25, 0.3) is 21.8 Å². The number of hydrogen-bond acceptors (Lipinski definition) is 2. The summed E-state index contributed by atoms with van der Waals surface area (Å²) in [7, 11) is 2.15. The van der Waals surface area contributed by atoms with Gasteiger partial charge in [-0.2, -0.15) is 4.58 Å². The van der Waals surface area contributed by atoms with Crippen LogP contribution in [0.2, 0.25) is 0 Å². The van der Waals surface area contributed by atoms with Crippen LogP contribution in [0.15, 0.2) is 36.4 Å². The second-order valence-electron chi connectivity index (χ2n) is 7.99. The molecule has 4 nitrogen and oxygen atoms in total. The molecule has 2 heterocycles. The van der Waals surface area contributed by atoms with Gasteiger partial charge < -0.3 is 9.30 Å². The quantitative estimate of drug-likeness (QED) is 0.383. The van der Waals surface area contributed by atoms with Gasteiger partial charge in [-0.1, -0.05) is 18.2 Å². The van der Waals surface area contributed by atoms with Gasteiger partial charge >= 0.3 is 5.97 Å². The van der Waals surface area contributed by atoms with E-state index in [0.717, 1.165) is 13.0 Å². The first-order valence-corrected chi connectivity index (χ1v) is 9.59. The molecule has 0 saturated heterocycles. The number of ether oxygens (including phenoxy) is 1. The molecule has 0 fully saturated rings. The Labute approximate surface area is 160 Å². The third kappa shape index (κ3) is 2.58. The van der Waals surface area contributed by atoms with Crippen molar-refractivity contribution >= 4 is 39.2 Å². The number of aryl methyl sites for hydroxylation is 1. The summed E-state index contributed by atoms with van der Waals surface area (Å²) in [5, 5.41) is 2.67. The van der Waals surface area contributed by atoms with Crippen molar-refractivity contribution in [3.8, 4) is 0 Å². The zero-order valence-corrected chi connectivity index (χ0v) is 16.8. The van der Waals surface area contributed by atoms with Gasteiger partial charge in [-0.15, -0.1) is 0 Å². The van der Waals surface area contributed by atoms with Crippen molar-refractivity contribution in [2.75, 3.05) is 13.2 Å². The van der Waals surface area contributed by atoms with Crippen molar-refractivity contribution in [2.45, 2.75) is 39.5 Å². The van der Waals surface area contributed by atoms with Crippen LogP contribution in [0.1, 0.15) is 39.7 Å². The smallest absolute Gasteiger partial charge is 0.302 e. The highest BCUT2D eigenvalue weighted by atomic mass is 16.5. The zero-order chi connectivity index (χ0) is 19.3. The topological polar surface area (TPSA) is 34.2 Å². The summed E-state index contributed by atoms with van der Waals surface area (Å²) >= 11 is 0. The molecular formula is C23H27N2O2+. The summed E-state index contributed by atoms with van der Waals surface area (Å²) in [6, 6.07) is 13.1. The van der Waals surface area contributed by atoms with E-state index in [2.05, 4.69) is 73.4 Å². The number of benzene rings is 2. The van der Waals surface area contributed by atoms with E-state index in [0.29, 0.717) is 6.61 Å². The van der Waals surface area contributed by atoms with Gasteiger partial charge in [0.15, 0.2) is 12.3 Å². The summed E-state index contributed by atoms with van der Waals surface area (Å²) in [6.07, 6.45) is 0.819. The summed E-state index contributed by atoms with van der Waals surface area (Å²) in [6.45, 7) is 9.63. The first-order valence-electron chi connectivity index (χ1n) is 9.59. The number of carbonyl (C=O) groups is 1. The Morgan fingerprint density at radius 2 is 1.89 bits per heavy atom. The number of aromatic nitrogens is 1. The van der Waals surface area contributed by atoms with Gasteiger partial charge in [0.1, 0.15) is 0 Å². The molecule has 1 aliphatic rings. The molecule has 0 radical (unpaired) electrons. The Kier molecular flexibility index (Phi) is 4.10. The molecule has 0 spiro atoms. The summed E-state index contributed by atoms with van der Waals surface area (Å²) in [5.74, 6) is -0.213. The van der Waals surface area contributed by atoms with Crippen LogP contribution in [-0.4, -0.2) is 34.0 Å². The largest absolute Gasteiger partial charge is 0.466 e. The fraction of sp³-hybridized carbons (Fsp3) is 0.391. The molecule has 1 aromatic heterocycles. The lowest BCUT2D eigenvalue weighted by molar-refractivity contribution is -0.440. The minimum absolute atomic E-state index is 0.0413. The normalized spacial score (nSPS) is 15.6. The second kappa shape index (κ2) is 6.22. The molecule has 4 heteroatoms. The summed E-state index contributed by atoms with van der Waals surface area (Å²) in [5.41, 5.74) is 6.53. The SMILES string of the molecule is CC(=O)OCCC[N+]1=C(C)C(C)(C)c2c1ccc1c2c2ccccc2n1C. The molecule has 0 atom stereocenters. The highest BCUT2D eigenvalue weighted by Gasteiger charge is 2.44. The molecule has 0 aliphatic carbocycles. The predicted molar refractivity (Wildman–Crippen MR) is 110 cm³/mol. The van der Waals surface area contributed by atoms with Crippen LogP contribution < -0.4 is 0 Å². The highest BCUT2D eigenvalue weighted by molar-refractivity contribution is 6.14. The zero-order valence-electron chi connectivity index (χ0n) is 16.8. The van der Waals surface area contributed by atoms with E-state index in [1.807, 2.05) is 0 Å². The number of esters is 1. The third-order valence-corrected chi connectivity index (χ3v) is 6.11. The molecule has 4 rings (SSSR count). The van der Waals surface area contributed by atoms with Gasteiger partial charge in [-0.05, 0) is 26.0 Å². The lowest BCUT2D eigenvalue weighted by Crippen LogP contribution is -2.27. The minimum Gasteiger partial charge on any atom is -0.466 e. The van der Waals surface area contributed by atoms with Crippen molar-refractivity contribution in [1.29, 1.82) is 0 Å². The van der Waals surface area contributed by atoms with Crippen LogP contribution in [-0.2, 0) is 22.0 Å². The maximum absolute atomic E-state index is 11.0. The first kappa shape index (κ1) is 17.8. The number of rotatable bonds is 4. The minimum atomic E-state index is -0.213. The van der Waals surface area contributed by atoms with Crippen LogP contribution in [0.4, 0.5) is 5.69 Å². The lowest BCUT2D eigenvalue weighted by Gasteiger charge is -2.16. The molecule has 0 unspecified atom stereocenters. The van der Waals surface area contributed by atoms with E-state index in [9.17, 15) is 4.79 Å². The monoisotopic (exact) mass is 363 g/mol. The van der Waals surface area contributed by atoms with E-state index in [-0.39, 0.29) is 11.4 Å². The van der Waals surface area contributed by atoms with Gasteiger partial charge in [0, 0.05) is 60.8 Å². The average Bonchev–Trinajstić information content (AvgIpc) is 3.03. The van der Waals surface area contributed by atoms with E-state index >= 15 is 0 Å². The van der Waals surface area contributed by atoms with Gasteiger partial charge in [-0.3, -0.25) is 4.79 Å². The second-order valence-corrected chi connectivity index (χ2v) is 7.99. The first-order chi connectivity index (χ1) is 12.8. The molecule has 0 bridgehead atoms. The highest BCUT2D eigenvalue weighted by Crippen LogP contribution is 2.46. The number of fused-ring (bicyclic) bond motifs is 5. The molecule has 2 aromatic carbocycles. The molecule has 3 aromatic rings. The van der Waals surface area contributed by atoms with E-state index in [1.54, 1.807) is 0 Å². The van der Waals surface area contributed by atoms with Crippen LogP contribution >= 0.6 is 0 Å². The van der Waals surface area contributed by atoms with Gasteiger partial charge in [0.2, 0.25) is 5.69 Å². The number of nitrogens with zero attached hydrogens (tertiary/aromatic N) is 2. The van der Waals surface area contributed by atoms with E-state index in [4.69, 9.17) is 4.74 Å². The predicted octanol–water partition coefficient (Wildman–Crippen LogP) is 4.68. The molecular weight excluding hydrogens is 336 g/mol. The molecule has 0 N–H and O–H groups in total. The Balaban J connectivity index is 1.87. The van der Waals surface area contributed by atoms with Crippen molar-refractivity contribution < 1.29 is 14.1 Å². The number of carbonyl (C=O) groups excluding carboxylic acids is 1. The standard InChI is InChI=1S/C23H27N2O2/c1-15-23(3,4)22-20(25(15)13-8-14-27-16(2)26)12-11-19-21(22)17-9-6-7-10-18(17)24(19)5/h6-7,9-12H,8,13-14H2,1-5H3/q+1. The number of hydrogen-bond donors (Lipinski definition) is 0. The van der Waals surface area contributed by atoms with Crippen molar-refractivity contribution in [1.82, 2.24) is 4.57 Å². The molecule has 1 aliphatic heterocycles. The van der Waals surface area contributed by atoms with Crippen molar-refractivity contribution in [3.05, 3.63) is 42.0 Å². The molecule has 0 amide bonds.